The molecule has 5 rings (SSSR count). The Kier molecular flexibility index (Phi) is 4.59. The van der Waals surface area contributed by atoms with Gasteiger partial charge in [0.05, 0.1) is 24.0 Å². The number of fused-ring (bicyclic) bond motifs is 2. The van der Waals surface area contributed by atoms with E-state index in [1.54, 1.807) is 43.2 Å². The van der Waals surface area contributed by atoms with Crippen LogP contribution in [0.3, 0.4) is 0 Å². The van der Waals surface area contributed by atoms with Crippen LogP contribution >= 0.6 is 0 Å². The molecule has 0 atom stereocenters. The van der Waals surface area contributed by atoms with Gasteiger partial charge in [-0.2, -0.15) is 13.2 Å². The van der Waals surface area contributed by atoms with E-state index in [9.17, 15) is 22.4 Å². The maximum atomic E-state index is 14.1. The predicted octanol–water partition coefficient (Wildman–Crippen LogP) is 4.19. The third-order valence-corrected chi connectivity index (χ3v) is 5.50. The number of halogens is 4. The monoisotopic (exact) mass is 456 g/mol. The highest BCUT2D eigenvalue weighted by Crippen LogP contribution is 2.32. The van der Waals surface area contributed by atoms with Gasteiger partial charge in [-0.1, -0.05) is 6.07 Å². The predicted molar refractivity (Wildman–Crippen MR) is 113 cm³/mol. The number of benzene rings is 1. The standard InChI is InChI=1S/C22H16F4N6O/c1-11-29-19-20(32(11)9-12-3-4-15(16(23)7-12)22(24,25)26)30-17(8-28-19)14-10-31(2)21(33)18-13(14)5-6-27-18/h3-8,10,27H,9H2,1-2H3. The van der Waals surface area contributed by atoms with Gasteiger partial charge in [-0.3, -0.25) is 4.79 Å². The van der Waals surface area contributed by atoms with E-state index in [0.717, 1.165) is 12.1 Å². The zero-order chi connectivity index (χ0) is 23.5. The van der Waals surface area contributed by atoms with E-state index in [4.69, 9.17) is 0 Å². The third-order valence-electron chi connectivity index (χ3n) is 5.50. The number of rotatable bonds is 3. The fourth-order valence-electron chi connectivity index (χ4n) is 3.86. The number of aryl methyl sites for hydroxylation is 2. The quantitative estimate of drug-likeness (QED) is 0.413. The summed E-state index contributed by atoms with van der Waals surface area (Å²) >= 11 is 0. The van der Waals surface area contributed by atoms with Crippen molar-refractivity contribution in [2.75, 3.05) is 0 Å². The molecule has 0 aliphatic carbocycles. The number of H-pyrrole nitrogens is 1. The summed E-state index contributed by atoms with van der Waals surface area (Å²) in [6.45, 7) is 1.77. The van der Waals surface area contributed by atoms with Gasteiger partial charge >= 0.3 is 6.18 Å². The largest absolute Gasteiger partial charge is 0.419 e. The highest BCUT2D eigenvalue weighted by Gasteiger charge is 2.34. The zero-order valence-electron chi connectivity index (χ0n) is 17.4. The van der Waals surface area contributed by atoms with Gasteiger partial charge < -0.3 is 14.1 Å². The third kappa shape index (κ3) is 3.45. The molecule has 0 spiro atoms. The molecule has 4 heterocycles. The van der Waals surface area contributed by atoms with Crippen LogP contribution in [-0.2, 0) is 19.8 Å². The average Bonchev–Trinajstić information content (AvgIpc) is 3.35. The molecule has 33 heavy (non-hydrogen) atoms. The van der Waals surface area contributed by atoms with Crippen LogP contribution in [0.1, 0.15) is 17.0 Å². The number of alkyl halides is 3. The first-order valence-corrected chi connectivity index (χ1v) is 9.86. The summed E-state index contributed by atoms with van der Waals surface area (Å²) in [5.41, 5.74) is 1.16. The van der Waals surface area contributed by atoms with Crippen LogP contribution < -0.4 is 5.56 Å². The van der Waals surface area contributed by atoms with Gasteiger partial charge in [0.2, 0.25) is 0 Å². The number of aromatic amines is 1. The lowest BCUT2D eigenvalue weighted by molar-refractivity contribution is -0.140. The first-order valence-electron chi connectivity index (χ1n) is 9.86. The first kappa shape index (κ1) is 20.9. The van der Waals surface area contributed by atoms with Gasteiger partial charge in [0.25, 0.3) is 5.56 Å². The van der Waals surface area contributed by atoms with Gasteiger partial charge in [-0.25, -0.2) is 19.3 Å². The van der Waals surface area contributed by atoms with Crippen LogP contribution in [0.15, 0.2) is 47.7 Å². The Hall–Kier alpha value is -4.02. The molecule has 0 saturated heterocycles. The van der Waals surface area contributed by atoms with Gasteiger partial charge in [0.15, 0.2) is 11.3 Å². The van der Waals surface area contributed by atoms with Crippen molar-refractivity contribution in [3.63, 3.8) is 0 Å². The molecular weight excluding hydrogens is 440 g/mol. The molecule has 1 N–H and O–H groups in total. The lowest BCUT2D eigenvalue weighted by Gasteiger charge is -2.11. The molecule has 0 bridgehead atoms. The summed E-state index contributed by atoms with van der Waals surface area (Å²) < 4.78 is 55.8. The lowest BCUT2D eigenvalue weighted by atomic mass is 10.1. The number of imidazole rings is 1. The Morgan fingerprint density at radius 3 is 2.67 bits per heavy atom. The average molecular weight is 456 g/mol. The van der Waals surface area contributed by atoms with Crippen LogP contribution in [0.4, 0.5) is 17.6 Å². The number of nitrogens with zero attached hydrogens (tertiary/aromatic N) is 5. The van der Waals surface area contributed by atoms with Crippen molar-refractivity contribution < 1.29 is 17.6 Å². The Morgan fingerprint density at radius 2 is 1.94 bits per heavy atom. The Morgan fingerprint density at radius 1 is 1.15 bits per heavy atom. The lowest BCUT2D eigenvalue weighted by Crippen LogP contribution is -2.16. The molecule has 0 aliphatic heterocycles. The molecule has 0 amide bonds. The minimum absolute atomic E-state index is 0.0579. The molecule has 0 aliphatic rings. The van der Waals surface area contributed by atoms with Crippen molar-refractivity contribution in [1.82, 2.24) is 29.1 Å². The Labute approximate surface area is 183 Å². The van der Waals surface area contributed by atoms with Gasteiger partial charge in [-0.15, -0.1) is 0 Å². The van der Waals surface area contributed by atoms with Crippen molar-refractivity contribution in [1.29, 1.82) is 0 Å². The maximum absolute atomic E-state index is 14.1. The Balaban J connectivity index is 1.61. The van der Waals surface area contributed by atoms with E-state index in [1.165, 1.54) is 10.6 Å². The zero-order valence-corrected chi connectivity index (χ0v) is 17.4. The molecule has 7 nitrogen and oxygen atoms in total. The summed E-state index contributed by atoms with van der Waals surface area (Å²) in [6.07, 6.45) is 0.103. The fourth-order valence-corrected chi connectivity index (χ4v) is 3.86. The molecule has 0 fully saturated rings. The van der Waals surface area contributed by atoms with Crippen molar-refractivity contribution in [3.05, 3.63) is 76.0 Å². The number of pyridine rings is 1. The number of hydrogen-bond acceptors (Lipinski definition) is 4. The van der Waals surface area contributed by atoms with Crippen LogP contribution in [0.2, 0.25) is 0 Å². The van der Waals surface area contributed by atoms with E-state index in [2.05, 4.69) is 19.9 Å². The smallest absolute Gasteiger partial charge is 0.357 e. The van der Waals surface area contributed by atoms with E-state index in [-0.39, 0.29) is 12.1 Å². The van der Waals surface area contributed by atoms with Gasteiger partial charge in [0, 0.05) is 30.4 Å². The van der Waals surface area contributed by atoms with E-state index in [1.807, 2.05) is 0 Å². The SMILES string of the molecule is Cc1nc2ncc(-c3cn(C)c(=O)c4[nH]ccc34)nc2n1Cc1ccc(C(F)(F)F)c(F)c1. The highest BCUT2D eigenvalue weighted by atomic mass is 19.4. The van der Waals surface area contributed by atoms with Crippen LogP contribution in [-0.4, -0.2) is 29.1 Å². The Bertz CT molecular complexity index is 1590. The van der Waals surface area contributed by atoms with Gasteiger partial charge in [0.1, 0.15) is 17.2 Å². The minimum atomic E-state index is -4.76. The topological polar surface area (TPSA) is 81.4 Å². The second-order valence-corrected chi connectivity index (χ2v) is 7.68. The normalized spacial score (nSPS) is 12.2. The molecule has 0 saturated carbocycles. The van der Waals surface area contributed by atoms with Crippen molar-refractivity contribution >= 4 is 22.2 Å². The number of nitrogens with one attached hydrogen (secondary N) is 1. The maximum Gasteiger partial charge on any atom is 0.419 e. The summed E-state index contributed by atoms with van der Waals surface area (Å²) in [4.78, 5) is 28.7. The van der Waals surface area contributed by atoms with Crippen molar-refractivity contribution in [2.45, 2.75) is 19.6 Å². The van der Waals surface area contributed by atoms with E-state index in [0.29, 0.717) is 44.8 Å². The molecular formula is C22H16F4N6O. The second kappa shape index (κ2) is 7.26. The first-order chi connectivity index (χ1) is 15.6. The van der Waals surface area contributed by atoms with Crippen LogP contribution in [0, 0.1) is 12.7 Å². The van der Waals surface area contributed by atoms with Crippen LogP contribution in [0.5, 0.6) is 0 Å². The van der Waals surface area contributed by atoms with E-state index >= 15 is 0 Å². The van der Waals surface area contributed by atoms with Crippen LogP contribution in [0.25, 0.3) is 33.5 Å². The van der Waals surface area contributed by atoms with Gasteiger partial charge in [-0.05, 0) is 30.7 Å². The molecule has 5 aromatic rings. The molecule has 11 heteroatoms. The van der Waals surface area contributed by atoms with E-state index < -0.39 is 17.6 Å². The second-order valence-electron chi connectivity index (χ2n) is 7.68. The summed E-state index contributed by atoms with van der Waals surface area (Å²) in [6, 6.07) is 4.58. The van der Waals surface area contributed by atoms with Crippen molar-refractivity contribution in [2.24, 2.45) is 7.05 Å². The molecule has 0 radical (unpaired) electrons. The number of hydrogen-bond donors (Lipinski definition) is 1. The summed E-state index contributed by atoms with van der Waals surface area (Å²) in [7, 11) is 1.63. The molecule has 1 aromatic carbocycles. The summed E-state index contributed by atoms with van der Waals surface area (Å²) in [5.74, 6) is -0.816. The molecule has 0 unspecified atom stereocenters. The van der Waals surface area contributed by atoms with Crippen molar-refractivity contribution in [3.8, 4) is 11.3 Å². The fraction of sp³-hybridized carbons (Fsp3) is 0.182. The molecule has 168 valence electrons. The summed E-state index contributed by atoms with van der Waals surface area (Å²) in [5, 5.41) is 0.680. The highest BCUT2D eigenvalue weighted by molar-refractivity contribution is 5.93. The minimum Gasteiger partial charge on any atom is -0.357 e. The number of aromatic nitrogens is 6. The molecule has 4 aromatic heterocycles.